The number of nitrogens with one attached hydrogen (secondary N) is 1. The molecule has 0 spiro atoms. The van der Waals surface area contributed by atoms with Gasteiger partial charge in [-0.3, -0.25) is 9.78 Å². The average Bonchev–Trinajstić information content (AvgIpc) is 2.94. The van der Waals surface area contributed by atoms with Crippen molar-refractivity contribution in [1.29, 1.82) is 0 Å². The third kappa shape index (κ3) is 2.49. The second-order valence-electron chi connectivity index (χ2n) is 5.07. The minimum absolute atomic E-state index is 0.183. The summed E-state index contributed by atoms with van der Waals surface area (Å²) in [7, 11) is 0. The summed E-state index contributed by atoms with van der Waals surface area (Å²) in [6.07, 6.45) is 1.71. The minimum atomic E-state index is -0.183. The molecule has 0 bridgehead atoms. The van der Waals surface area contributed by atoms with Crippen molar-refractivity contribution in [3.8, 4) is 0 Å². The molecular weight excluding hydrogens is 308 g/mol. The first-order valence-electron chi connectivity index (χ1n) is 7.02. The molecule has 3 N–H and O–H groups in total. The molecule has 0 aliphatic heterocycles. The molecule has 0 radical (unpaired) electrons. The van der Waals surface area contributed by atoms with Gasteiger partial charge in [-0.25, -0.2) is 4.98 Å². The highest BCUT2D eigenvalue weighted by Crippen LogP contribution is 2.26. The Kier molecular flexibility index (Phi) is 3.17. The van der Waals surface area contributed by atoms with Crippen LogP contribution < -0.4 is 11.1 Å². The first-order chi connectivity index (χ1) is 11.2. The Labute approximate surface area is 135 Å². The molecule has 4 aromatic rings. The number of rotatable bonds is 2. The van der Waals surface area contributed by atoms with Crippen LogP contribution in [0.15, 0.2) is 54.7 Å². The molecule has 0 saturated carbocycles. The number of hydrogen-bond acceptors (Lipinski definition) is 5. The van der Waals surface area contributed by atoms with Crippen molar-refractivity contribution < 1.29 is 4.79 Å². The zero-order chi connectivity index (χ0) is 15.8. The Bertz CT molecular complexity index is 1040. The van der Waals surface area contributed by atoms with Gasteiger partial charge in [0.25, 0.3) is 5.91 Å². The van der Waals surface area contributed by atoms with Crippen LogP contribution in [0, 0.1) is 0 Å². The molecule has 2 aromatic heterocycles. The average molecular weight is 320 g/mol. The molecule has 0 aliphatic carbocycles. The fraction of sp³-hybridized carbons (Fsp3) is 0. The van der Waals surface area contributed by atoms with E-state index in [2.05, 4.69) is 15.3 Å². The molecule has 0 atom stereocenters. The standard InChI is InChI=1S/C17H12N4OS/c18-17-21-12-7-6-11(9-14(12)23-17)16(22)20-13-5-1-3-10-4-2-8-19-15(10)13/h1-9H,(H2,18,21)(H,20,22). The Morgan fingerprint density at radius 3 is 2.91 bits per heavy atom. The fourth-order valence-corrected chi connectivity index (χ4v) is 3.26. The van der Waals surface area contributed by atoms with E-state index in [0.717, 1.165) is 21.1 Å². The number of thiazole rings is 1. The first-order valence-corrected chi connectivity index (χ1v) is 7.83. The van der Waals surface area contributed by atoms with Crippen LogP contribution in [0.25, 0.3) is 21.1 Å². The Morgan fingerprint density at radius 1 is 1.13 bits per heavy atom. The van der Waals surface area contributed by atoms with Crippen molar-refractivity contribution in [3.05, 3.63) is 60.3 Å². The molecule has 2 heterocycles. The number of anilines is 2. The zero-order valence-electron chi connectivity index (χ0n) is 12.0. The number of para-hydroxylation sites is 1. The summed E-state index contributed by atoms with van der Waals surface area (Å²) in [5.41, 5.74) is 8.53. The summed E-state index contributed by atoms with van der Waals surface area (Å²) >= 11 is 1.37. The number of carbonyl (C=O) groups excluding carboxylic acids is 1. The van der Waals surface area contributed by atoms with Crippen LogP contribution in [0.4, 0.5) is 10.8 Å². The van der Waals surface area contributed by atoms with E-state index in [9.17, 15) is 4.79 Å². The summed E-state index contributed by atoms with van der Waals surface area (Å²) in [5.74, 6) is -0.183. The van der Waals surface area contributed by atoms with E-state index in [-0.39, 0.29) is 5.91 Å². The Balaban J connectivity index is 1.70. The predicted molar refractivity (Wildman–Crippen MR) is 93.7 cm³/mol. The van der Waals surface area contributed by atoms with Crippen molar-refractivity contribution in [2.75, 3.05) is 11.1 Å². The predicted octanol–water partition coefficient (Wildman–Crippen LogP) is 3.68. The first kappa shape index (κ1) is 13.7. The highest BCUT2D eigenvalue weighted by atomic mass is 32.1. The normalized spacial score (nSPS) is 11.0. The van der Waals surface area contributed by atoms with Gasteiger partial charge in [0.15, 0.2) is 5.13 Å². The lowest BCUT2D eigenvalue weighted by Gasteiger charge is -2.08. The van der Waals surface area contributed by atoms with Crippen LogP contribution in [0.1, 0.15) is 10.4 Å². The Morgan fingerprint density at radius 2 is 2.00 bits per heavy atom. The van der Waals surface area contributed by atoms with Gasteiger partial charge in [0.05, 0.1) is 21.4 Å². The Hall–Kier alpha value is -2.99. The van der Waals surface area contributed by atoms with Crippen LogP contribution in [0.2, 0.25) is 0 Å². The second kappa shape index (κ2) is 5.33. The van der Waals surface area contributed by atoms with Crippen molar-refractivity contribution in [2.45, 2.75) is 0 Å². The highest BCUT2D eigenvalue weighted by Gasteiger charge is 2.11. The maximum Gasteiger partial charge on any atom is 0.255 e. The number of hydrogen-bond donors (Lipinski definition) is 2. The maximum absolute atomic E-state index is 12.5. The highest BCUT2D eigenvalue weighted by molar-refractivity contribution is 7.22. The number of pyridine rings is 1. The van der Waals surface area contributed by atoms with Crippen LogP contribution in [-0.4, -0.2) is 15.9 Å². The van der Waals surface area contributed by atoms with E-state index in [1.54, 1.807) is 24.4 Å². The summed E-state index contributed by atoms with van der Waals surface area (Å²) in [6, 6.07) is 14.9. The number of benzene rings is 2. The van der Waals surface area contributed by atoms with Crippen LogP contribution in [0.3, 0.4) is 0 Å². The van der Waals surface area contributed by atoms with Gasteiger partial charge in [0, 0.05) is 17.1 Å². The van der Waals surface area contributed by atoms with Gasteiger partial charge in [-0.05, 0) is 30.3 Å². The molecule has 4 rings (SSSR count). The van der Waals surface area contributed by atoms with E-state index in [1.807, 2.05) is 30.3 Å². The molecule has 6 heteroatoms. The lowest BCUT2D eigenvalue weighted by Crippen LogP contribution is -2.12. The summed E-state index contributed by atoms with van der Waals surface area (Å²) in [6.45, 7) is 0. The lowest BCUT2D eigenvalue weighted by molar-refractivity contribution is 0.102. The van der Waals surface area contributed by atoms with Crippen molar-refractivity contribution in [3.63, 3.8) is 0 Å². The number of aromatic nitrogens is 2. The van der Waals surface area contributed by atoms with Crippen molar-refractivity contribution >= 4 is 49.2 Å². The van der Waals surface area contributed by atoms with Crippen molar-refractivity contribution in [1.82, 2.24) is 9.97 Å². The molecule has 0 fully saturated rings. The number of nitrogens with two attached hydrogens (primary N) is 1. The summed E-state index contributed by atoms with van der Waals surface area (Å²) < 4.78 is 0.895. The molecule has 112 valence electrons. The molecular formula is C17H12N4OS. The molecule has 0 aliphatic rings. The molecule has 5 nitrogen and oxygen atoms in total. The second-order valence-corrected chi connectivity index (χ2v) is 6.13. The quantitative estimate of drug-likeness (QED) is 0.590. The third-order valence-corrected chi connectivity index (χ3v) is 4.40. The largest absolute Gasteiger partial charge is 0.375 e. The number of nitrogens with zero attached hydrogens (tertiary/aromatic N) is 2. The molecule has 0 unspecified atom stereocenters. The summed E-state index contributed by atoms with van der Waals surface area (Å²) in [5, 5.41) is 4.40. The van der Waals surface area contributed by atoms with Gasteiger partial charge in [0.1, 0.15) is 0 Å². The van der Waals surface area contributed by atoms with E-state index in [4.69, 9.17) is 5.73 Å². The molecule has 2 aromatic carbocycles. The van der Waals surface area contributed by atoms with Crippen LogP contribution in [0.5, 0.6) is 0 Å². The minimum Gasteiger partial charge on any atom is -0.375 e. The lowest BCUT2D eigenvalue weighted by atomic mass is 10.1. The van der Waals surface area contributed by atoms with Crippen LogP contribution >= 0.6 is 11.3 Å². The van der Waals surface area contributed by atoms with Gasteiger partial charge < -0.3 is 11.1 Å². The number of nitrogen functional groups attached to an aromatic ring is 1. The van der Waals surface area contributed by atoms with E-state index in [1.165, 1.54) is 11.3 Å². The number of fused-ring (bicyclic) bond motifs is 2. The number of carbonyl (C=O) groups is 1. The summed E-state index contributed by atoms with van der Waals surface area (Å²) in [4.78, 5) is 21.1. The molecule has 23 heavy (non-hydrogen) atoms. The van der Waals surface area contributed by atoms with Gasteiger partial charge in [-0.2, -0.15) is 0 Å². The van der Waals surface area contributed by atoms with Gasteiger partial charge >= 0.3 is 0 Å². The fourth-order valence-electron chi connectivity index (χ4n) is 2.48. The molecule has 0 saturated heterocycles. The molecule has 1 amide bonds. The SMILES string of the molecule is Nc1nc2ccc(C(=O)Nc3cccc4cccnc34)cc2s1. The van der Waals surface area contributed by atoms with Gasteiger partial charge in [-0.15, -0.1) is 0 Å². The topological polar surface area (TPSA) is 80.9 Å². The zero-order valence-corrected chi connectivity index (χ0v) is 12.8. The van der Waals surface area contributed by atoms with Gasteiger partial charge in [0.2, 0.25) is 0 Å². The third-order valence-electron chi connectivity index (χ3n) is 3.55. The smallest absolute Gasteiger partial charge is 0.255 e. The maximum atomic E-state index is 12.5. The van der Waals surface area contributed by atoms with E-state index < -0.39 is 0 Å². The van der Waals surface area contributed by atoms with Crippen molar-refractivity contribution in [2.24, 2.45) is 0 Å². The van der Waals surface area contributed by atoms with Crippen LogP contribution in [-0.2, 0) is 0 Å². The van der Waals surface area contributed by atoms with Gasteiger partial charge in [-0.1, -0.05) is 29.5 Å². The van der Waals surface area contributed by atoms with E-state index in [0.29, 0.717) is 16.4 Å². The van der Waals surface area contributed by atoms with E-state index >= 15 is 0 Å². The number of amides is 1. The monoisotopic (exact) mass is 320 g/mol.